The highest BCUT2D eigenvalue weighted by molar-refractivity contribution is 6.06. The first-order valence-electron chi connectivity index (χ1n) is 11.0. The van der Waals surface area contributed by atoms with Gasteiger partial charge in [-0.15, -0.1) is 13.2 Å². The van der Waals surface area contributed by atoms with Crippen LogP contribution in [0.15, 0.2) is 40.8 Å². The number of ether oxygens (including phenoxy) is 1. The van der Waals surface area contributed by atoms with Crippen LogP contribution in [0.1, 0.15) is 23.5 Å². The minimum atomic E-state index is -4.75. The Bertz CT molecular complexity index is 1090. The molecule has 0 saturated carbocycles. The second kappa shape index (κ2) is 8.10. The number of β-amino-alcohol motifs (C(OH)–C–C–N with tert-alkyl or cyclic N) is 1. The summed E-state index contributed by atoms with van der Waals surface area (Å²) in [5, 5.41) is 10.3. The number of amides is 2. The molecule has 3 aliphatic heterocycles. The number of hydrogen-bond acceptors (Lipinski definition) is 7. The van der Waals surface area contributed by atoms with Crippen molar-refractivity contribution in [1.29, 1.82) is 0 Å². The molecule has 8 nitrogen and oxygen atoms in total. The summed E-state index contributed by atoms with van der Waals surface area (Å²) in [5.41, 5.74) is -0.165. The Balaban J connectivity index is 1.31. The van der Waals surface area contributed by atoms with Crippen molar-refractivity contribution in [3.63, 3.8) is 0 Å². The average Bonchev–Trinajstić information content (AvgIpc) is 3.32. The third kappa shape index (κ3) is 4.08. The molecule has 3 fully saturated rings. The minimum absolute atomic E-state index is 0.0361. The van der Waals surface area contributed by atoms with Crippen molar-refractivity contribution < 1.29 is 37.0 Å². The van der Waals surface area contributed by atoms with Gasteiger partial charge in [0.1, 0.15) is 22.8 Å². The van der Waals surface area contributed by atoms with E-state index >= 15 is 0 Å². The quantitative estimate of drug-likeness (QED) is 0.657. The second-order valence-electron chi connectivity index (χ2n) is 9.17. The van der Waals surface area contributed by atoms with E-state index in [1.807, 2.05) is 9.80 Å². The number of fused-ring (bicyclic) bond motifs is 2. The van der Waals surface area contributed by atoms with E-state index in [9.17, 15) is 27.9 Å². The molecule has 0 radical (unpaired) electrons. The second-order valence-corrected chi connectivity index (χ2v) is 9.17. The lowest BCUT2D eigenvalue weighted by atomic mass is 9.82. The van der Waals surface area contributed by atoms with Crippen LogP contribution in [0.5, 0.6) is 5.75 Å². The molecule has 182 valence electrons. The van der Waals surface area contributed by atoms with E-state index in [0.29, 0.717) is 31.2 Å². The molecule has 3 saturated heterocycles. The third-order valence-electron chi connectivity index (χ3n) is 6.67. The molecule has 0 bridgehead atoms. The van der Waals surface area contributed by atoms with Gasteiger partial charge < -0.3 is 14.3 Å². The zero-order chi connectivity index (χ0) is 24.3. The van der Waals surface area contributed by atoms with Crippen molar-refractivity contribution in [1.82, 2.24) is 14.7 Å². The monoisotopic (exact) mass is 479 g/mol. The van der Waals surface area contributed by atoms with Crippen LogP contribution in [0.25, 0.3) is 0 Å². The number of carbonyl (C=O) groups is 2. The van der Waals surface area contributed by atoms with Crippen LogP contribution in [0.4, 0.5) is 13.2 Å². The van der Waals surface area contributed by atoms with Gasteiger partial charge >= 0.3 is 6.36 Å². The molecule has 5 rings (SSSR count). The topological polar surface area (TPSA) is 86.5 Å². The molecule has 3 aliphatic rings. The first-order valence-corrected chi connectivity index (χ1v) is 11.0. The Kier molecular flexibility index (Phi) is 5.45. The van der Waals surface area contributed by atoms with Crippen molar-refractivity contribution in [2.45, 2.75) is 50.5 Å². The highest BCUT2D eigenvalue weighted by Gasteiger charge is 2.64. The summed E-state index contributed by atoms with van der Waals surface area (Å²) in [6.07, 6.45) is -5.18. The van der Waals surface area contributed by atoms with Crippen LogP contribution in [-0.4, -0.2) is 75.3 Å². The number of hydrogen-bond donors (Lipinski definition) is 1. The number of furan rings is 1. The summed E-state index contributed by atoms with van der Waals surface area (Å²) in [5.74, 6) is 0.247. The predicted octanol–water partition coefficient (Wildman–Crippen LogP) is 2.05. The Morgan fingerprint density at radius 3 is 2.44 bits per heavy atom. The zero-order valence-electron chi connectivity index (χ0n) is 18.4. The molecule has 2 atom stereocenters. The molecule has 4 heterocycles. The number of imide groups is 1. The smallest absolute Gasteiger partial charge is 0.464 e. The Morgan fingerprint density at radius 1 is 1.12 bits per heavy atom. The van der Waals surface area contributed by atoms with Crippen molar-refractivity contribution >= 4 is 11.8 Å². The summed E-state index contributed by atoms with van der Waals surface area (Å²) in [6.45, 7) is 3.17. The molecule has 1 aromatic carbocycles. The maximum atomic E-state index is 13.6. The molecule has 2 aromatic rings. The molecule has 0 unspecified atom stereocenters. The normalized spacial score (nSPS) is 25.0. The van der Waals surface area contributed by atoms with Crippen molar-refractivity contribution in [3.8, 4) is 5.75 Å². The van der Waals surface area contributed by atoms with Crippen LogP contribution in [0, 0.1) is 6.92 Å². The Morgan fingerprint density at radius 2 is 1.82 bits per heavy atom. The number of benzene rings is 1. The highest BCUT2D eigenvalue weighted by atomic mass is 19.4. The molecule has 1 aromatic heterocycles. The Hall–Kier alpha value is -2.89. The molecular weight excluding hydrogens is 455 g/mol. The lowest BCUT2D eigenvalue weighted by molar-refractivity contribution is -0.274. The van der Waals surface area contributed by atoms with Gasteiger partial charge in [-0.25, -0.2) is 0 Å². The summed E-state index contributed by atoms with van der Waals surface area (Å²) < 4.78 is 46.6. The number of aliphatic hydroxyl groups excluding tert-OH is 1. The Labute approximate surface area is 193 Å². The number of aryl methyl sites for hydroxylation is 1. The van der Waals surface area contributed by atoms with E-state index < -0.39 is 24.0 Å². The van der Waals surface area contributed by atoms with Gasteiger partial charge in [-0.2, -0.15) is 0 Å². The van der Waals surface area contributed by atoms with Crippen LogP contribution >= 0.6 is 0 Å². The summed E-state index contributed by atoms with van der Waals surface area (Å²) in [7, 11) is 0. The van der Waals surface area contributed by atoms with Gasteiger partial charge in [0, 0.05) is 26.2 Å². The van der Waals surface area contributed by atoms with Gasteiger partial charge in [-0.05, 0) is 43.2 Å². The van der Waals surface area contributed by atoms with Crippen LogP contribution in [-0.2, 0) is 22.7 Å². The van der Waals surface area contributed by atoms with E-state index in [2.05, 4.69) is 4.74 Å². The highest BCUT2D eigenvalue weighted by Crippen LogP contribution is 2.41. The summed E-state index contributed by atoms with van der Waals surface area (Å²) >= 11 is 0. The van der Waals surface area contributed by atoms with Crippen molar-refractivity contribution in [2.24, 2.45) is 0 Å². The molecule has 2 amide bonds. The molecule has 0 aliphatic carbocycles. The van der Waals surface area contributed by atoms with Crippen molar-refractivity contribution in [2.75, 3.05) is 19.6 Å². The van der Waals surface area contributed by atoms with Gasteiger partial charge in [0.15, 0.2) is 0 Å². The maximum Gasteiger partial charge on any atom is 0.573 e. The standard InChI is InChI=1S/C23H24F3N3O5/c1-14-2-5-18(33-14)11-28-20(31)19-8-16(30)10-29(19)22(21(28)32)12-27(13-22)9-15-3-6-17(7-4-15)34-23(24,25)26/h2-7,16,19,30H,8-13H2,1H3/t16-,19+/m1/s1. The van der Waals surface area contributed by atoms with Gasteiger partial charge in [-0.1, -0.05) is 12.1 Å². The van der Waals surface area contributed by atoms with Gasteiger partial charge in [0.25, 0.3) is 5.91 Å². The number of aliphatic hydroxyl groups is 1. The van der Waals surface area contributed by atoms with Gasteiger partial charge in [0.05, 0.1) is 18.7 Å². The van der Waals surface area contributed by atoms with Crippen LogP contribution < -0.4 is 4.74 Å². The lowest BCUT2D eigenvalue weighted by Gasteiger charge is -2.58. The van der Waals surface area contributed by atoms with Crippen LogP contribution in [0.2, 0.25) is 0 Å². The molecular formula is C23H24F3N3O5. The number of alkyl halides is 3. The van der Waals surface area contributed by atoms with E-state index in [-0.39, 0.29) is 37.1 Å². The van der Waals surface area contributed by atoms with E-state index in [1.54, 1.807) is 31.2 Å². The first kappa shape index (κ1) is 22.9. The van der Waals surface area contributed by atoms with Crippen LogP contribution in [0.3, 0.4) is 0 Å². The summed E-state index contributed by atoms with van der Waals surface area (Å²) in [6, 6.07) is 8.53. The molecule has 1 spiro atoms. The number of halogens is 3. The number of rotatable bonds is 5. The van der Waals surface area contributed by atoms with E-state index in [4.69, 9.17) is 4.42 Å². The fraction of sp³-hybridized carbons (Fsp3) is 0.478. The van der Waals surface area contributed by atoms with Crippen molar-refractivity contribution in [3.05, 3.63) is 53.5 Å². The maximum absolute atomic E-state index is 13.6. The fourth-order valence-electron chi connectivity index (χ4n) is 5.23. The van der Waals surface area contributed by atoms with E-state index in [1.165, 1.54) is 17.0 Å². The third-order valence-corrected chi connectivity index (χ3v) is 6.67. The number of piperazine rings is 1. The van der Waals surface area contributed by atoms with Gasteiger partial charge in [-0.3, -0.25) is 24.3 Å². The minimum Gasteiger partial charge on any atom is -0.464 e. The number of carbonyl (C=O) groups excluding carboxylic acids is 2. The lowest BCUT2D eigenvalue weighted by Crippen LogP contribution is -2.81. The SMILES string of the molecule is Cc1ccc(CN2C(=O)[C@@H]3C[C@@H](O)CN3C3(CN(Cc4ccc(OC(F)(F)F)cc4)C3)C2=O)o1. The van der Waals surface area contributed by atoms with Gasteiger partial charge in [0.2, 0.25) is 5.91 Å². The molecule has 11 heteroatoms. The molecule has 1 N–H and O–H groups in total. The first-order chi connectivity index (χ1) is 16.0. The number of nitrogens with zero attached hydrogens (tertiary/aromatic N) is 3. The number of likely N-dealkylation sites (tertiary alicyclic amines) is 1. The fourth-order valence-corrected chi connectivity index (χ4v) is 5.23. The van der Waals surface area contributed by atoms with E-state index in [0.717, 1.165) is 5.56 Å². The zero-order valence-corrected chi connectivity index (χ0v) is 18.4. The summed E-state index contributed by atoms with van der Waals surface area (Å²) in [4.78, 5) is 31.7. The largest absolute Gasteiger partial charge is 0.573 e. The molecule has 34 heavy (non-hydrogen) atoms. The average molecular weight is 479 g/mol. The predicted molar refractivity (Wildman–Crippen MR) is 111 cm³/mol.